The predicted octanol–water partition coefficient (Wildman–Crippen LogP) is 2.48. The highest BCUT2D eigenvalue weighted by Crippen LogP contribution is 2.50. The van der Waals surface area contributed by atoms with Gasteiger partial charge in [0.15, 0.2) is 0 Å². The second-order valence-corrected chi connectivity index (χ2v) is 7.07. The lowest BCUT2D eigenvalue weighted by atomic mass is 9.93. The first-order valence-corrected chi connectivity index (χ1v) is 8.62. The Bertz CT molecular complexity index is 751. The molecule has 1 heterocycles. The summed E-state index contributed by atoms with van der Waals surface area (Å²) >= 11 is 0. The normalized spacial score (nSPS) is 15.4. The molecule has 1 aromatic carbocycles. The zero-order valence-corrected chi connectivity index (χ0v) is 15.1. The van der Waals surface area contributed by atoms with E-state index in [0.717, 1.165) is 17.9 Å². The van der Waals surface area contributed by atoms with E-state index in [4.69, 9.17) is 0 Å². The number of aromatic nitrogens is 2. The lowest BCUT2D eigenvalue weighted by molar-refractivity contribution is -0.135. The number of nitrogens with zero attached hydrogens (tertiary/aromatic N) is 3. The van der Waals surface area contributed by atoms with Gasteiger partial charge in [-0.25, -0.2) is 9.37 Å². The van der Waals surface area contributed by atoms with Crippen molar-refractivity contribution in [2.24, 2.45) is 0 Å². The lowest BCUT2D eigenvalue weighted by Gasteiger charge is -2.28. The van der Waals surface area contributed by atoms with Crippen LogP contribution in [-0.4, -0.2) is 52.9 Å². The molecule has 6 heteroatoms. The van der Waals surface area contributed by atoms with Gasteiger partial charge in [0.1, 0.15) is 5.82 Å². The van der Waals surface area contributed by atoms with Crippen molar-refractivity contribution >= 4 is 5.91 Å². The molecule has 2 aromatic rings. The number of benzene rings is 1. The number of hydrogen-bond acceptors (Lipinski definition) is 3. The second-order valence-electron chi connectivity index (χ2n) is 7.07. The largest absolute Gasteiger partial charge is 0.348 e. The Labute approximate surface area is 147 Å². The van der Waals surface area contributed by atoms with Crippen LogP contribution in [0, 0.1) is 12.7 Å². The molecule has 25 heavy (non-hydrogen) atoms. The van der Waals surface area contributed by atoms with Gasteiger partial charge >= 0.3 is 0 Å². The number of aromatic amines is 1. The number of carbonyl (C=O) groups is 1. The van der Waals surface area contributed by atoms with E-state index < -0.39 is 5.41 Å². The van der Waals surface area contributed by atoms with E-state index in [1.165, 1.54) is 6.07 Å². The van der Waals surface area contributed by atoms with Crippen LogP contribution in [0.1, 0.15) is 29.8 Å². The number of nitrogens with one attached hydrogen (secondary N) is 1. The highest BCUT2D eigenvalue weighted by molar-refractivity contribution is 5.91. The average molecular weight is 344 g/mol. The molecule has 0 atom stereocenters. The maximum absolute atomic E-state index is 14.3. The summed E-state index contributed by atoms with van der Waals surface area (Å²) in [6.45, 7) is 3.73. The average Bonchev–Trinajstić information content (AvgIpc) is 3.29. The van der Waals surface area contributed by atoms with Crippen molar-refractivity contribution in [2.75, 3.05) is 27.2 Å². The van der Waals surface area contributed by atoms with Crippen molar-refractivity contribution in [3.8, 4) is 0 Å². The molecule has 0 saturated heterocycles. The zero-order chi connectivity index (χ0) is 18.0. The van der Waals surface area contributed by atoms with Crippen molar-refractivity contribution < 1.29 is 9.18 Å². The number of carbonyl (C=O) groups excluding carboxylic acids is 1. The highest BCUT2D eigenvalue weighted by Gasteiger charge is 2.54. The van der Waals surface area contributed by atoms with Gasteiger partial charge in [-0.05, 0) is 39.9 Å². The summed E-state index contributed by atoms with van der Waals surface area (Å²) in [6, 6.07) is 6.64. The zero-order valence-electron chi connectivity index (χ0n) is 15.1. The fourth-order valence-corrected chi connectivity index (χ4v) is 3.18. The van der Waals surface area contributed by atoms with Gasteiger partial charge in [0.25, 0.3) is 0 Å². The Morgan fingerprint density at radius 3 is 2.56 bits per heavy atom. The van der Waals surface area contributed by atoms with Crippen LogP contribution in [0.5, 0.6) is 0 Å². The van der Waals surface area contributed by atoms with Crippen LogP contribution < -0.4 is 0 Å². The van der Waals surface area contributed by atoms with Crippen LogP contribution in [0.3, 0.4) is 0 Å². The molecule has 0 unspecified atom stereocenters. The van der Waals surface area contributed by atoms with Crippen molar-refractivity contribution in [2.45, 2.75) is 31.7 Å². The van der Waals surface area contributed by atoms with E-state index in [1.54, 1.807) is 24.5 Å². The van der Waals surface area contributed by atoms with Crippen LogP contribution in [0.4, 0.5) is 4.39 Å². The summed E-state index contributed by atoms with van der Waals surface area (Å²) in [4.78, 5) is 24.6. The van der Waals surface area contributed by atoms with Crippen LogP contribution in [-0.2, 0) is 16.8 Å². The van der Waals surface area contributed by atoms with E-state index >= 15 is 0 Å². The molecule has 1 amide bonds. The molecule has 0 bridgehead atoms. The summed E-state index contributed by atoms with van der Waals surface area (Å²) in [7, 11) is 3.96. The molecule has 0 aliphatic heterocycles. The molecule has 1 aliphatic rings. The molecule has 3 rings (SSSR count). The minimum atomic E-state index is -0.706. The lowest BCUT2D eigenvalue weighted by Crippen LogP contribution is -2.42. The molecule has 1 aliphatic carbocycles. The Morgan fingerprint density at radius 2 is 2.00 bits per heavy atom. The van der Waals surface area contributed by atoms with Crippen LogP contribution in [0.15, 0.2) is 30.6 Å². The second kappa shape index (κ2) is 6.96. The Hall–Kier alpha value is -2.21. The van der Waals surface area contributed by atoms with Crippen molar-refractivity contribution in [3.63, 3.8) is 0 Å². The maximum Gasteiger partial charge on any atom is 0.233 e. The summed E-state index contributed by atoms with van der Waals surface area (Å²) in [5.74, 6) is -0.293. The topological polar surface area (TPSA) is 52.2 Å². The molecule has 1 fully saturated rings. The third-order valence-electron chi connectivity index (χ3n) is 4.93. The predicted molar refractivity (Wildman–Crippen MR) is 94.6 cm³/mol. The Balaban J connectivity index is 1.86. The summed E-state index contributed by atoms with van der Waals surface area (Å²) in [5.41, 5.74) is 1.63. The number of rotatable bonds is 7. The number of hydrogen-bond donors (Lipinski definition) is 1. The van der Waals surface area contributed by atoms with Gasteiger partial charge < -0.3 is 14.8 Å². The minimum absolute atomic E-state index is 0.00171. The first kappa shape index (κ1) is 17.6. The number of likely N-dealkylation sites (N-methyl/N-ethyl adjacent to an activating group) is 1. The minimum Gasteiger partial charge on any atom is -0.348 e. The summed E-state index contributed by atoms with van der Waals surface area (Å²) in [6.07, 6.45) is 3.04. The van der Waals surface area contributed by atoms with Gasteiger partial charge in [0, 0.05) is 24.3 Å². The van der Waals surface area contributed by atoms with Crippen LogP contribution in [0.2, 0.25) is 0 Å². The first-order chi connectivity index (χ1) is 11.9. The molecule has 134 valence electrons. The van der Waals surface area contributed by atoms with Gasteiger partial charge in [0.2, 0.25) is 5.91 Å². The van der Waals surface area contributed by atoms with Gasteiger partial charge in [-0.1, -0.05) is 18.2 Å². The van der Waals surface area contributed by atoms with Crippen molar-refractivity contribution in [3.05, 3.63) is 53.4 Å². The maximum atomic E-state index is 14.3. The molecular weight excluding hydrogens is 319 g/mol. The Morgan fingerprint density at radius 1 is 1.28 bits per heavy atom. The molecule has 0 radical (unpaired) electrons. The number of aryl methyl sites for hydroxylation is 1. The van der Waals surface area contributed by atoms with E-state index in [1.807, 2.05) is 30.8 Å². The van der Waals surface area contributed by atoms with E-state index in [-0.39, 0.29) is 11.7 Å². The molecule has 1 N–H and O–H groups in total. The van der Waals surface area contributed by atoms with Crippen molar-refractivity contribution in [1.29, 1.82) is 0 Å². The number of imidazole rings is 1. The van der Waals surface area contributed by atoms with E-state index in [2.05, 4.69) is 9.97 Å². The highest BCUT2D eigenvalue weighted by atomic mass is 19.1. The van der Waals surface area contributed by atoms with Crippen LogP contribution >= 0.6 is 0 Å². The fourth-order valence-electron chi connectivity index (χ4n) is 3.18. The van der Waals surface area contributed by atoms with Gasteiger partial charge in [0.05, 0.1) is 24.0 Å². The molecule has 0 spiro atoms. The first-order valence-electron chi connectivity index (χ1n) is 8.62. The fraction of sp³-hybridized carbons (Fsp3) is 0.474. The number of H-pyrrole nitrogens is 1. The molecule has 5 nitrogen and oxygen atoms in total. The summed E-state index contributed by atoms with van der Waals surface area (Å²) in [5, 5.41) is 0. The third kappa shape index (κ3) is 3.58. The van der Waals surface area contributed by atoms with Crippen molar-refractivity contribution in [1.82, 2.24) is 19.8 Å². The molecule has 1 aromatic heterocycles. The SMILES string of the molecule is Cc1[nH]cnc1CN(CCN(C)C)C(=O)C1(c2ccccc2F)CC1. The van der Waals surface area contributed by atoms with Crippen LogP contribution in [0.25, 0.3) is 0 Å². The smallest absolute Gasteiger partial charge is 0.233 e. The molecular formula is C19H25FN4O. The van der Waals surface area contributed by atoms with E-state index in [9.17, 15) is 9.18 Å². The number of amides is 1. The molecule has 1 saturated carbocycles. The third-order valence-corrected chi connectivity index (χ3v) is 4.93. The number of halogens is 1. The van der Waals surface area contributed by atoms with Gasteiger partial charge in [-0.15, -0.1) is 0 Å². The summed E-state index contributed by atoms with van der Waals surface area (Å²) < 4.78 is 14.3. The Kier molecular flexibility index (Phi) is 4.90. The van der Waals surface area contributed by atoms with Gasteiger partial charge in [-0.3, -0.25) is 4.79 Å². The van der Waals surface area contributed by atoms with Gasteiger partial charge in [-0.2, -0.15) is 0 Å². The van der Waals surface area contributed by atoms with E-state index in [0.29, 0.717) is 31.5 Å². The standard InChI is InChI=1S/C19H25FN4O/c1-14-17(22-13-21-14)12-24(11-10-23(2)3)18(25)19(8-9-19)15-6-4-5-7-16(15)20/h4-7,13H,8-12H2,1-3H3,(H,21,22). The monoisotopic (exact) mass is 344 g/mol. The quantitative estimate of drug-likeness (QED) is 0.839.